The van der Waals surface area contributed by atoms with E-state index < -0.39 is 29.6 Å². The van der Waals surface area contributed by atoms with E-state index in [1.807, 2.05) is 54.6 Å². The average molecular weight is 549 g/mol. The van der Waals surface area contributed by atoms with Crippen molar-refractivity contribution in [1.29, 1.82) is 0 Å². The zero-order valence-electron chi connectivity index (χ0n) is 23.3. The van der Waals surface area contributed by atoms with Gasteiger partial charge in [0.1, 0.15) is 11.6 Å². The van der Waals surface area contributed by atoms with E-state index in [-0.39, 0.29) is 24.3 Å². The Bertz CT molecular complexity index is 1200. The van der Waals surface area contributed by atoms with Crippen LogP contribution in [-0.2, 0) is 25.7 Å². The molecule has 9 heteroatoms. The predicted molar refractivity (Wildman–Crippen MR) is 153 cm³/mol. The molecule has 40 heavy (non-hydrogen) atoms. The standard InChI is InChI=1S/C31H40N4O5/c1-3-34(4-2)23-14-12-22(13-15-23)33-29(38)27-31-17-16-24(40-31)25(26(31)30(39)35(27)18-8-9-19-36)28(37)32-20-21-10-6-5-7-11-21/h5-7,10-15,24-27,36H,3-4,8-9,16-20H2,1-2H3,(H,32,37)(H,33,38)/t24-,25+,26-,27?,31?/m0/s1. The van der Waals surface area contributed by atoms with Crippen LogP contribution >= 0.6 is 0 Å². The minimum absolute atomic E-state index is 0.00937. The molecule has 0 aromatic heterocycles. The normalized spacial score (nSPS) is 26.6. The first-order chi connectivity index (χ1) is 19.4. The van der Waals surface area contributed by atoms with Crippen molar-refractivity contribution in [2.45, 2.75) is 63.8 Å². The van der Waals surface area contributed by atoms with Crippen LogP contribution in [0.15, 0.2) is 54.6 Å². The molecule has 5 atom stereocenters. The van der Waals surface area contributed by atoms with Gasteiger partial charge in [-0.05, 0) is 69.4 Å². The number of nitrogens with zero attached hydrogens (tertiary/aromatic N) is 2. The topological polar surface area (TPSA) is 111 Å². The molecular weight excluding hydrogens is 508 g/mol. The van der Waals surface area contributed by atoms with Crippen molar-refractivity contribution in [3.63, 3.8) is 0 Å². The highest BCUT2D eigenvalue weighted by molar-refractivity contribution is 6.03. The fraction of sp³-hybridized carbons (Fsp3) is 0.516. The first-order valence-electron chi connectivity index (χ1n) is 14.5. The molecule has 214 valence electrons. The van der Waals surface area contributed by atoms with Crippen molar-refractivity contribution in [3.8, 4) is 0 Å². The van der Waals surface area contributed by atoms with Gasteiger partial charge in [-0.2, -0.15) is 0 Å². The van der Waals surface area contributed by atoms with Crippen LogP contribution in [0.4, 0.5) is 11.4 Å². The summed E-state index contributed by atoms with van der Waals surface area (Å²) < 4.78 is 6.49. The molecule has 3 amide bonds. The maximum Gasteiger partial charge on any atom is 0.250 e. The third-order valence-corrected chi connectivity index (χ3v) is 8.73. The van der Waals surface area contributed by atoms with Crippen LogP contribution in [0.3, 0.4) is 0 Å². The van der Waals surface area contributed by atoms with Crippen molar-refractivity contribution in [2.24, 2.45) is 11.8 Å². The zero-order valence-corrected chi connectivity index (χ0v) is 23.3. The van der Waals surface area contributed by atoms with E-state index in [0.29, 0.717) is 44.5 Å². The van der Waals surface area contributed by atoms with Crippen molar-refractivity contribution < 1.29 is 24.2 Å². The average Bonchev–Trinajstić information content (AvgIpc) is 3.61. The summed E-state index contributed by atoms with van der Waals surface area (Å²) in [5.74, 6) is -2.08. The summed E-state index contributed by atoms with van der Waals surface area (Å²) in [6.07, 6.45) is 1.86. The van der Waals surface area contributed by atoms with Gasteiger partial charge in [0.25, 0.3) is 0 Å². The number of benzene rings is 2. The fourth-order valence-electron chi connectivity index (χ4n) is 6.85. The molecular formula is C31H40N4O5. The molecule has 3 heterocycles. The zero-order chi connectivity index (χ0) is 28.3. The summed E-state index contributed by atoms with van der Waals surface area (Å²) in [5, 5.41) is 15.4. The van der Waals surface area contributed by atoms with Gasteiger partial charge in [-0.15, -0.1) is 0 Å². The summed E-state index contributed by atoms with van der Waals surface area (Å²) in [6.45, 7) is 6.67. The Labute approximate surface area is 235 Å². The van der Waals surface area contributed by atoms with Gasteiger partial charge in [0.15, 0.2) is 0 Å². The molecule has 2 bridgehead atoms. The molecule has 2 aromatic carbocycles. The molecule has 9 nitrogen and oxygen atoms in total. The minimum atomic E-state index is -1.04. The van der Waals surface area contributed by atoms with E-state index in [0.717, 1.165) is 24.3 Å². The van der Waals surface area contributed by atoms with Crippen molar-refractivity contribution in [1.82, 2.24) is 10.2 Å². The Morgan fingerprint density at radius 3 is 2.45 bits per heavy atom. The molecule has 5 rings (SSSR count). The summed E-state index contributed by atoms with van der Waals surface area (Å²) in [7, 11) is 0. The second kappa shape index (κ2) is 12.0. The molecule has 2 aromatic rings. The van der Waals surface area contributed by atoms with Gasteiger partial charge in [-0.3, -0.25) is 14.4 Å². The van der Waals surface area contributed by atoms with Crippen molar-refractivity contribution >= 4 is 29.1 Å². The highest BCUT2D eigenvalue weighted by Crippen LogP contribution is 2.58. The molecule has 0 radical (unpaired) electrons. The van der Waals surface area contributed by atoms with Gasteiger partial charge in [-0.25, -0.2) is 0 Å². The lowest BCUT2D eigenvalue weighted by molar-refractivity contribution is -0.141. The maximum atomic E-state index is 13.9. The molecule has 3 fully saturated rings. The van der Waals surface area contributed by atoms with Crippen molar-refractivity contribution in [3.05, 3.63) is 60.2 Å². The lowest BCUT2D eigenvalue weighted by Gasteiger charge is -2.33. The number of hydrogen-bond donors (Lipinski definition) is 3. The minimum Gasteiger partial charge on any atom is -0.396 e. The van der Waals surface area contributed by atoms with Crippen LogP contribution in [0.1, 0.15) is 45.1 Å². The monoisotopic (exact) mass is 548 g/mol. The number of likely N-dealkylation sites (tertiary alicyclic amines) is 1. The molecule has 3 N–H and O–H groups in total. The van der Waals surface area contributed by atoms with Crippen LogP contribution in [0.2, 0.25) is 0 Å². The summed E-state index contributed by atoms with van der Waals surface area (Å²) >= 11 is 0. The number of ether oxygens (including phenoxy) is 1. The van der Waals surface area contributed by atoms with E-state index in [1.54, 1.807) is 4.90 Å². The van der Waals surface area contributed by atoms with E-state index in [1.165, 1.54) is 0 Å². The Hall–Kier alpha value is -3.43. The molecule has 0 aliphatic carbocycles. The Morgan fingerprint density at radius 1 is 1.05 bits per heavy atom. The lowest BCUT2D eigenvalue weighted by atomic mass is 9.70. The largest absolute Gasteiger partial charge is 0.396 e. The number of anilines is 2. The number of carbonyl (C=O) groups excluding carboxylic acids is 3. The van der Waals surface area contributed by atoms with Gasteiger partial charge >= 0.3 is 0 Å². The van der Waals surface area contributed by atoms with Crippen LogP contribution < -0.4 is 15.5 Å². The van der Waals surface area contributed by atoms with Gasteiger partial charge in [0, 0.05) is 44.2 Å². The van der Waals surface area contributed by atoms with Crippen LogP contribution in [-0.4, -0.2) is 71.7 Å². The highest BCUT2D eigenvalue weighted by Gasteiger charge is 2.74. The lowest BCUT2D eigenvalue weighted by Crippen LogP contribution is -2.53. The number of aliphatic hydroxyl groups is 1. The summed E-state index contributed by atoms with van der Waals surface area (Å²) in [5.41, 5.74) is 1.65. The summed E-state index contributed by atoms with van der Waals surface area (Å²) in [6, 6.07) is 16.5. The second-order valence-electron chi connectivity index (χ2n) is 10.9. The molecule has 2 unspecified atom stereocenters. The van der Waals surface area contributed by atoms with E-state index >= 15 is 0 Å². The van der Waals surface area contributed by atoms with Gasteiger partial charge in [-0.1, -0.05) is 30.3 Å². The smallest absolute Gasteiger partial charge is 0.250 e. The second-order valence-corrected chi connectivity index (χ2v) is 10.9. The maximum absolute atomic E-state index is 13.9. The number of carbonyl (C=O) groups is 3. The van der Waals surface area contributed by atoms with E-state index in [2.05, 4.69) is 29.4 Å². The fourth-order valence-corrected chi connectivity index (χ4v) is 6.85. The molecule has 0 saturated carbocycles. The Kier molecular flexibility index (Phi) is 8.42. The quantitative estimate of drug-likeness (QED) is 0.352. The highest BCUT2D eigenvalue weighted by atomic mass is 16.5. The third kappa shape index (κ3) is 5.08. The van der Waals surface area contributed by atoms with Crippen molar-refractivity contribution in [2.75, 3.05) is 36.5 Å². The van der Waals surface area contributed by atoms with E-state index in [4.69, 9.17) is 4.74 Å². The molecule has 3 saturated heterocycles. The number of fused-ring (bicyclic) bond motifs is 1. The molecule has 3 aliphatic rings. The van der Waals surface area contributed by atoms with Gasteiger partial charge < -0.3 is 30.3 Å². The summed E-state index contributed by atoms with van der Waals surface area (Å²) in [4.78, 5) is 45.1. The number of hydrogen-bond acceptors (Lipinski definition) is 6. The number of unbranched alkanes of at least 4 members (excludes halogenated alkanes) is 1. The SMILES string of the molecule is CCN(CC)c1ccc(NC(=O)C2N(CCCCO)C(=O)[C@@H]3[C@H](C(=O)NCc4ccccc4)[C@@H]4CCC23O4)cc1. The first kappa shape index (κ1) is 28.1. The van der Waals surface area contributed by atoms with Gasteiger partial charge in [0.05, 0.1) is 17.9 Å². The van der Waals surface area contributed by atoms with Crippen LogP contribution in [0, 0.1) is 11.8 Å². The molecule has 3 aliphatic heterocycles. The van der Waals surface area contributed by atoms with Gasteiger partial charge in [0.2, 0.25) is 17.7 Å². The number of aliphatic hydroxyl groups excluding tert-OH is 1. The number of rotatable bonds is 12. The Morgan fingerprint density at radius 2 is 1.77 bits per heavy atom. The van der Waals surface area contributed by atoms with Crippen LogP contribution in [0.25, 0.3) is 0 Å². The number of nitrogens with one attached hydrogen (secondary N) is 2. The van der Waals surface area contributed by atoms with Crippen LogP contribution in [0.5, 0.6) is 0 Å². The van der Waals surface area contributed by atoms with E-state index in [9.17, 15) is 19.5 Å². The first-order valence-corrected chi connectivity index (χ1v) is 14.5. The third-order valence-electron chi connectivity index (χ3n) is 8.73. The number of amides is 3. The Balaban J connectivity index is 1.37. The molecule has 1 spiro atoms. The predicted octanol–water partition coefficient (Wildman–Crippen LogP) is 2.93.